The molecule has 0 aromatic heterocycles. The second-order valence-corrected chi connectivity index (χ2v) is 5.87. The normalized spacial score (nSPS) is 11.2. The highest BCUT2D eigenvalue weighted by Crippen LogP contribution is 2.19. The summed E-state index contributed by atoms with van der Waals surface area (Å²) in [7, 11) is -3.20. The number of anilines is 1. The maximum Gasteiger partial charge on any atom is 0.177 e. The molecule has 0 saturated heterocycles. The van der Waals surface area contributed by atoms with Gasteiger partial charge in [-0.3, -0.25) is 0 Å². The quantitative estimate of drug-likeness (QED) is 0.580. The van der Waals surface area contributed by atoms with Crippen LogP contribution in [0.2, 0.25) is 0 Å². The van der Waals surface area contributed by atoms with Crippen LogP contribution in [0.25, 0.3) is 0 Å². The lowest BCUT2D eigenvalue weighted by Crippen LogP contribution is -2.12. The Morgan fingerprint density at radius 2 is 2.06 bits per heavy atom. The molecule has 18 heavy (non-hydrogen) atoms. The van der Waals surface area contributed by atoms with Crippen LogP contribution in [0.3, 0.4) is 0 Å². The van der Waals surface area contributed by atoms with Crippen molar-refractivity contribution < 1.29 is 13.2 Å². The summed E-state index contributed by atoms with van der Waals surface area (Å²) >= 11 is 0. The lowest BCUT2D eigenvalue weighted by molar-refractivity contribution is 0.149. The number of para-hydroxylation sites is 1. The number of hydrogen-bond acceptors (Lipinski definition) is 4. The van der Waals surface area contributed by atoms with Gasteiger partial charge in [0.15, 0.2) is 9.84 Å². The van der Waals surface area contributed by atoms with Gasteiger partial charge in [0.1, 0.15) is 0 Å². The molecule has 1 rings (SSSR count). The minimum absolute atomic E-state index is 0.316. The molecule has 0 atom stereocenters. The summed E-state index contributed by atoms with van der Waals surface area (Å²) in [4.78, 5) is 0.316. The minimum Gasteiger partial charge on any atom is -0.382 e. The van der Waals surface area contributed by atoms with Crippen LogP contribution in [-0.2, 0) is 14.6 Å². The van der Waals surface area contributed by atoms with Crippen LogP contribution in [0.15, 0.2) is 41.8 Å². The third-order valence-electron chi connectivity index (χ3n) is 2.31. The third kappa shape index (κ3) is 4.89. The highest BCUT2D eigenvalue weighted by atomic mass is 32.2. The molecule has 0 aliphatic carbocycles. The molecule has 0 bridgehead atoms. The average molecular weight is 269 g/mol. The molecule has 5 heteroatoms. The van der Waals surface area contributed by atoms with E-state index in [1.165, 1.54) is 6.26 Å². The van der Waals surface area contributed by atoms with Crippen molar-refractivity contribution in [2.45, 2.75) is 11.3 Å². The fraction of sp³-hybridized carbons (Fsp3) is 0.385. The molecule has 4 nitrogen and oxygen atoms in total. The smallest absolute Gasteiger partial charge is 0.177 e. The van der Waals surface area contributed by atoms with E-state index in [0.29, 0.717) is 30.3 Å². The van der Waals surface area contributed by atoms with Crippen molar-refractivity contribution in [1.29, 1.82) is 0 Å². The molecular formula is C13H19NO3S. The van der Waals surface area contributed by atoms with Gasteiger partial charge >= 0.3 is 0 Å². The molecule has 0 amide bonds. The summed E-state index contributed by atoms with van der Waals surface area (Å²) in [6, 6.07) is 6.86. The van der Waals surface area contributed by atoms with Gasteiger partial charge in [-0.05, 0) is 18.6 Å². The summed E-state index contributed by atoms with van der Waals surface area (Å²) < 4.78 is 28.4. The number of ether oxygens (including phenoxy) is 1. The number of nitrogens with one attached hydrogen (secondary N) is 1. The maximum atomic E-state index is 11.5. The summed E-state index contributed by atoms with van der Waals surface area (Å²) in [6.07, 6.45) is 3.82. The van der Waals surface area contributed by atoms with E-state index >= 15 is 0 Å². The van der Waals surface area contributed by atoms with E-state index in [4.69, 9.17) is 4.74 Å². The zero-order valence-electron chi connectivity index (χ0n) is 10.6. The topological polar surface area (TPSA) is 55.4 Å². The number of hydrogen-bond donors (Lipinski definition) is 1. The Hall–Kier alpha value is -1.33. The fourth-order valence-corrected chi connectivity index (χ4v) is 2.33. The fourth-order valence-electron chi connectivity index (χ4n) is 1.46. The van der Waals surface area contributed by atoms with Crippen LogP contribution >= 0.6 is 0 Å². The first-order valence-corrected chi connectivity index (χ1v) is 7.66. The molecule has 0 saturated carbocycles. The number of rotatable bonds is 8. The van der Waals surface area contributed by atoms with Crippen LogP contribution in [-0.4, -0.2) is 34.4 Å². The molecule has 0 spiro atoms. The molecule has 1 aromatic rings. The Labute approximate surface area is 109 Å². The van der Waals surface area contributed by atoms with Gasteiger partial charge in [0.2, 0.25) is 0 Å². The summed E-state index contributed by atoms with van der Waals surface area (Å²) in [5.74, 6) is 0. The van der Waals surface area contributed by atoms with Crippen molar-refractivity contribution in [3.63, 3.8) is 0 Å². The molecule has 1 aromatic carbocycles. The summed E-state index contributed by atoms with van der Waals surface area (Å²) in [6.45, 7) is 5.35. The molecular weight excluding hydrogens is 250 g/mol. The standard InChI is InChI=1S/C13H19NO3S/c1-3-4-10-17-11-9-14-12-7-5-6-8-13(12)18(2,15)16/h3,5-8,14H,1,4,9-11H2,2H3. The highest BCUT2D eigenvalue weighted by Gasteiger charge is 2.11. The third-order valence-corrected chi connectivity index (χ3v) is 3.47. The molecule has 0 heterocycles. The van der Waals surface area contributed by atoms with Gasteiger partial charge in [-0.15, -0.1) is 6.58 Å². The van der Waals surface area contributed by atoms with Crippen molar-refractivity contribution in [2.24, 2.45) is 0 Å². The Bertz CT molecular complexity index is 483. The molecule has 0 aliphatic rings. The van der Waals surface area contributed by atoms with E-state index in [-0.39, 0.29) is 0 Å². The Morgan fingerprint density at radius 1 is 1.33 bits per heavy atom. The van der Waals surface area contributed by atoms with Crippen LogP contribution in [0.5, 0.6) is 0 Å². The molecule has 0 radical (unpaired) electrons. The van der Waals surface area contributed by atoms with Gasteiger partial charge in [0, 0.05) is 12.8 Å². The number of sulfone groups is 1. The van der Waals surface area contributed by atoms with Gasteiger partial charge in [-0.25, -0.2) is 8.42 Å². The van der Waals surface area contributed by atoms with Gasteiger partial charge in [-0.2, -0.15) is 0 Å². The van der Waals surface area contributed by atoms with E-state index in [1.807, 2.05) is 0 Å². The average Bonchev–Trinajstić information content (AvgIpc) is 2.33. The molecule has 100 valence electrons. The van der Waals surface area contributed by atoms with Crippen LogP contribution in [0, 0.1) is 0 Å². The Balaban J connectivity index is 2.50. The Morgan fingerprint density at radius 3 is 2.72 bits per heavy atom. The highest BCUT2D eigenvalue weighted by molar-refractivity contribution is 7.90. The lowest BCUT2D eigenvalue weighted by atomic mass is 10.3. The van der Waals surface area contributed by atoms with Gasteiger partial charge < -0.3 is 10.1 Å². The Kier molecular flexibility index (Phi) is 5.88. The van der Waals surface area contributed by atoms with E-state index < -0.39 is 9.84 Å². The maximum absolute atomic E-state index is 11.5. The largest absolute Gasteiger partial charge is 0.382 e. The second-order valence-electron chi connectivity index (χ2n) is 3.88. The van der Waals surface area contributed by atoms with Gasteiger partial charge in [0.25, 0.3) is 0 Å². The van der Waals surface area contributed by atoms with E-state index in [9.17, 15) is 8.42 Å². The van der Waals surface area contributed by atoms with Crippen molar-refractivity contribution in [1.82, 2.24) is 0 Å². The van der Waals surface area contributed by atoms with Gasteiger partial charge in [0.05, 0.1) is 23.8 Å². The second kappa shape index (κ2) is 7.18. The van der Waals surface area contributed by atoms with E-state index in [1.54, 1.807) is 30.3 Å². The first kappa shape index (κ1) is 14.7. The van der Waals surface area contributed by atoms with E-state index in [0.717, 1.165) is 6.42 Å². The van der Waals surface area contributed by atoms with E-state index in [2.05, 4.69) is 11.9 Å². The first-order chi connectivity index (χ1) is 8.55. The predicted octanol–water partition coefficient (Wildman–Crippen LogP) is 2.09. The molecule has 0 aliphatic heterocycles. The van der Waals surface area contributed by atoms with Crippen molar-refractivity contribution in [2.75, 3.05) is 31.3 Å². The summed E-state index contributed by atoms with van der Waals surface area (Å²) in [5.41, 5.74) is 0.618. The van der Waals surface area contributed by atoms with Crippen molar-refractivity contribution in [3.8, 4) is 0 Å². The van der Waals surface area contributed by atoms with Crippen LogP contribution in [0.1, 0.15) is 6.42 Å². The summed E-state index contributed by atoms with van der Waals surface area (Å²) in [5, 5.41) is 3.07. The monoisotopic (exact) mass is 269 g/mol. The first-order valence-electron chi connectivity index (χ1n) is 5.77. The molecule has 1 N–H and O–H groups in total. The zero-order chi connectivity index (χ0) is 13.4. The lowest BCUT2D eigenvalue weighted by Gasteiger charge is -2.10. The number of benzene rings is 1. The van der Waals surface area contributed by atoms with Crippen molar-refractivity contribution >= 4 is 15.5 Å². The minimum atomic E-state index is -3.20. The van der Waals surface area contributed by atoms with Gasteiger partial charge in [-0.1, -0.05) is 18.2 Å². The van der Waals surface area contributed by atoms with Crippen LogP contribution in [0.4, 0.5) is 5.69 Å². The predicted molar refractivity (Wildman–Crippen MR) is 73.7 cm³/mol. The SMILES string of the molecule is C=CCCOCCNc1ccccc1S(C)(=O)=O. The molecule has 0 fully saturated rings. The molecule has 0 unspecified atom stereocenters. The van der Waals surface area contributed by atoms with Crippen LogP contribution < -0.4 is 5.32 Å². The van der Waals surface area contributed by atoms with Crippen molar-refractivity contribution in [3.05, 3.63) is 36.9 Å². The zero-order valence-corrected chi connectivity index (χ0v) is 11.4.